The zero-order chi connectivity index (χ0) is 19.1. The Morgan fingerprint density at radius 3 is 1.72 bits per heavy atom. The molecular formula is C14H19BrO10. The molecule has 0 unspecified atom stereocenters. The Morgan fingerprint density at radius 1 is 0.800 bits per heavy atom. The normalized spacial score (nSPS) is 28.6. The van der Waals surface area contributed by atoms with Gasteiger partial charge in [0.25, 0.3) is 0 Å². The SMILES string of the molecule is CC(=O)OC[C@H]1O[C@@H](OBr)[C@@H](OC(C)=O)[C@@H](OC(C)=O)[C@@H]1OC(C)=O. The minimum Gasteiger partial charge on any atom is -0.463 e. The van der Waals surface area contributed by atoms with Crippen LogP contribution < -0.4 is 0 Å². The predicted molar refractivity (Wildman–Crippen MR) is 82.0 cm³/mol. The lowest BCUT2D eigenvalue weighted by atomic mass is 9.98. The van der Waals surface area contributed by atoms with E-state index in [4.69, 9.17) is 27.5 Å². The standard InChI is InChI=1S/C14H19BrO10/c1-6(16)20-5-10-11(21-7(2)17)12(22-8(3)18)13(23-9(4)19)14(24-10)25-15/h10-14H,5H2,1-4H3/t10-,11-,12+,13+,14+/m1/s1. The van der Waals surface area contributed by atoms with Crippen molar-refractivity contribution in [1.29, 1.82) is 0 Å². The Kier molecular flexibility index (Phi) is 8.26. The summed E-state index contributed by atoms with van der Waals surface area (Å²) in [5.74, 6) is -2.69. The van der Waals surface area contributed by atoms with Gasteiger partial charge in [0.15, 0.2) is 18.3 Å². The first kappa shape index (κ1) is 21.3. The lowest BCUT2D eigenvalue weighted by Gasteiger charge is -2.43. The van der Waals surface area contributed by atoms with Crippen molar-refractivity contribution >= 4 is 40.1 Å². The van der Waals surface area contributed by atoms with Crippen LogP contribution in [0.4, 0.5) is 0 Å². The van der Waals surface area contributed by atoms with E-state index in [9.17, 15) is 19.2 Å². The van der Waals surface area contributed by atoms with Crippen molar-refractivity contribution < 1.29 is 46.7 Å². The van der Waals surface area contributed by atoms with Crippen molar-refractivity contribution in [1.82, 2.24) is 0 Å². The first-order valence-electron chi connectivity index (χ1n) is 7.23. The first-order chi connectivity index (χ1) is 11.6. The average molecular weight is 427 g/mol. The smallest absolute Gasteiger partial charge is 0.303 e. The molecule has 25 heavy (non-hydrogen) atoms. The van der Waals surface area contributed by atoms with Gasteiger partial charge in [-0.15, -0.1) is 0 Å². The summed E-state index contributed by atoms with van der Waals surface area (Å²) in [6.07, 6.45) is -5.88. The summed E-state index contributed by atoms with van der Waals surface area (Å²) in [5, 5.41) is 0. The van der Waals surface area contributed by atoms with Gasteiger partial charge in [-0.2, -0.15) is 0 Å². The third-order valence-corrected chi connectivity index (χ3v) is 3.40. The van der Waals surface area contributed by atoms with Crippen LogP contribution in [0.5, 0.6) is 0 Å². The lowest BCUT2D eigenvalue weighted by molar-refractivity contribution is -0.284. The Morgan fingerprint density at radius 2 is 1.28 bits per heavy atom. The highest BCUT2D eigenvalue weighted by Crippen LogP contribution is 2.30. The molecule has 0 aromatic rings. The highest BCUT2D eigenvalue weighted by atomic mass is 79.9. The van der Waals surface area contributed by atoms with Crippen molar-refractivity contribution in [3.63, 3.8) is 0 Å². The third kappa shape index (κ3) is 6.59. The van der Waals surface area contributed by atoms with Crippen LogP contribution in [0, 0.1) is 0 Å². The number of ether oxygens (including phenoxy) is 5. The Balaban J connectivity index is 3.18. The van der Waals surface area contributed by atoms with Gasteiger partial charge < -0.3 is 23.7 Å². The molecule has 142 valence electrons. The molecule has 1 aliphatic heterocycles. The molecule has 10 nitrogen and oxygen atoms in total. The Labute approximate surface area is 152 Å². The van der Waals surface area contributed by atoms with E-state index in [-0.39, 0.29) is 6.61 Å². The van der Waals surface area contributed by atoms with Crippen LogP contribution in [0.15, 0.2) is 0 Å². The highest BCUT2D eigenvalue weighted by Gasteiger charge is 2.52. The number of halogens is 1. The number of hydrogen-bond acceptors (Lipinski definition) is 10. The zero-order valence-electron chi connectivity index (χ0n) is 14.1. The molecule has 11 heteroatoms. The molecule has 1 heterocycles. The van der Waals surface area contributed by atoms with Crippen molar-refractivity contribution in [3.05, 3.63) is 0 Å². The quantitative estimate of drug-likeness (QED) is 0.435. The van der Waals surface area contributed by atoms with Crippen LogP contribution in [0.1, 0.15) is 27.7 Å². The number of hydrogen-bond donors (Lipinski definition) is 0. The van der Waals surface area contributed by atoms with Crippen LogP contribution >= 0.6 is 16.3 Å². The Hall–Kier alpha value is -1.72. The van der Waals surface area contributed by atoms with E-state index in [1.807, 2.05) is 0 Å². The maximum absolute atomic E-state index is 11.5. The molecule has 1 rings (SSSR count). The third-order valence-electron chi connectivity index (χ3n) is 3.04. The minimum atomic E-state index is -1.23. The molecular weight excluding hydrogens is 408 g/mol. The molecule has 0 saturated carbocycles. The number of carbonyl (C=O) groups excluding carboxylic acids is 4. The molecule has 1 fully saturated rings. The van der Waals surface area contributed by atoms with Crippen LogP contribution in [0.25, 0.3) is 0 Å². The molecule has 1 aliphatic rings. The predicted octanol–water partition coefficient (Wildman–Crippen LogP) is 0.396. The topological polar surface area (TPSA) is 124 Å². The highest BCUT2D eigenvalue weighted by molar-refractivity contribution is 9.06. The number of esters is 4. The fourth-order valence-electron chi connectivity index (χ4n) is 2.26. The van der Waals surface area contributed by atoms with E-state index in [0.717, 1.165) is 20.8 Å². The summed E-state index contributed by atoms with van der Waals surface area (Å²) in [4.78, 5) is 45.3. The van der Waals surface area contributed by atoms with Gasteiger partial charge in [-0.25, -0.2) is 0 Å². The largest absolute Gasteiger partial charge is 0.463 e. The fourth-order valence-corrected chi connectivity index (χ4v) is 2.56. The van der Waals surface area contributed by atoms with E-state index >= 15 is 0 Å². The van der Waals surface area contributed by atoms with Crippen LogP contribution in [-0.2, 0) is 46.7 Å². The van der Waals surface area contributed by atoms with Crippen molar-refractivity contribution in [2.24, 2.45) is 0 Å². The second kappa shape index (κ2) is 9.68. The van der Waals surface area contributed by atoms with E-state index in [1.54, 1.807) is 0 Å². The zero-order valence-corrected chi connectivity index (χ0v) is 15.6. The molecule has 0 aliphatic carbocycles. The molecule has 0 bridgehead atoms. The summed E-state index contributed by atoms with van der Waals surface area (Å²) >= 11 is 2.74. The second-order valence-corrected chi connectivity index (χ2v) is 5.53. The molecule has 0 amide bonds. The van der Waals surface area contributed by atoms with Gasteiger partial charge in [-0.05, 0) is 0 Å². The van der Waals surface area contributed by atoms with Gasteiger partial charge in [0.1, 0.15) is 29.0 Å². The van der Waals surface area contributed by atoms with Crippen molar-refractivity contribution in [3.8, 4) is 0 Å². The Bertz CT molecular complexity index is 522. The average Bonchev–Trinajstić information content (AvgIpc) is 2.48. The van der Waals surface area contributed by atoms with Gasteiger partial charge in [0.2, 0.25) is 6.29 Å². The molecule has 1 saturated heterocycles. The summed E-state index contributed by atoms with van der Waals surface area (Å²) in [6, 6.07) is 0. The van der Waals surface area contributed by atoms with E-state index in [1.165, 1.54) is 6.92 Å². The van der Waals surface area contributed by atoms with E-state index in [2.05, 4.69) is 16.3 Å². The van der Waals surface area contributed by atoms with Crippen molar-refractivity contribution in [2.75, 3.05) is 6.61 Å². The summed E-state index contributed by atoms with van der Waals surface area (Å²) < 4.78 is 30.8. The maximum Gasteiger partial charge on any atom is 0.303 e. The minimum absolute atomic E-state index is 0.301. The van der Waals surface area contributed by atoms with Gasteiger partial charge in [-0.1, -0.05) is 0 Å². The molecule has 5 atom stereocenters. The van der Waals surface area contributed by atoms with Gasteiger partial charge in [0.05, 0.1) is 0 Å². The fraction of sp³-hybridized carbons (Fsp3) is 0.714. The van der Waals surface area contributed by atoms with Crippen molar-refractivity contribution in [2.45, 2.75) is 58.4 Å². The summed E-state index contributed by atoms with van der Waals surface area (Å²) in [5.41, 5.74) is 0. The van der Waals surface area contributed by atoms with Crippen LogP contribution in [0.2, 0.25) is 0 Å². The van der Waals surface area contributed by atoms with Gasteiger partial charge in [-0.3, -0.25) is 23.0 Å². The molecule has 0 N–H and O–H groups in total. The molecule has 0 spiro atoms. The van der Waals surface area contributed by atoms with Gasteiger partial charge >= 0.3 is 23.9 Å². The van der Waals surface area contributed by atoms with Crippen LogP contribution in [-0.4, -0.2) is 61.2 Å². The molecule has 0 radical (unpaired) electrons. The summed E-state index contributed by atoms with van der Waals surface area (Å²) in [6.45, 7) is 4.30. The molecule has 0 aromatic heterocycles. The number of carbonyl (C=O) groups is 4. The monoisotopic (exact) mass is 426 g/mol. The lowest BCUT2D eigenvalue weighted by Crippen LogP contribution is -2.62. The molecule has 0 aromatic carbocycles. The summed E-state index contributed by atoms with van der Waals surface area (Å²) in [7, 11) is 0. The van der Waals surface area contributed by atoms with Crippen LogP contribution in [0.3, 0.4) is 0 Å². The first-order valence-corrected chi connectivity index (χ1v) is 7.88. The van der Waals surface area contributed by atoms with E-state index < -0.39 is 54.6 Å². The maximum atomic E-state index is 11.5. The van der Waals surface area contributed by atoms with E-state index in [0.29, 0.717) is 0 Å². The second-order valence-electron chi connectivity index (χ2n) is 5.16. The number of rotatable bonds is 6. The van der Waals surface area contributed by atoms with Gasteiger partial charge in [0, 0.05) is 27.7 Å².